The van der Waals surface area contributed by atoms with Gasteiger partial charge in [0.05, 0.1) is 5.56 Å². The second-order valence-electron chi connectivity index (χ2n) is 3.40. The van der Waals surface area contributed by atoms with Crippen LogP contribution < -0.4 is 5.73 Å². The van der Waals surface area contributed by atoms with E-state index in [4.69, 9.17) is 10.8 Å². The summed E-state index contributed by atoms with van der Waals surface area (Å²) in [7, 11) is 0. The van der Waals surface area contributed by atoms with Crippen molar-refractivity contribution in [2.24, 2.45) is 5.73 Å². The number of hydrogen-bond acceptors (Lipinski definition) is 2. The fraction of sp³-hybridized carbons (Fsp3) is 0.300. The van der Waals surface area contributed by atoms with Gasteiger partial charge in [0.2, 0.25) is 0 Å². The van der Waals surface area contributed by atoms with Crippen LogP contribution in [0, 0.1) is 6.92 Å². The van der Waals surface area contributed by atoms with E-state index in [0.717, 1.165) is 12.1 Å². The maximum atomic E-state index is 12.3. The molecule has 1 aromatic carbocycles. The van der Waals surface area contributed by atoms with Crippen molar-refractivity contribution < 1.29 is 23.1 Å². The predicted molar refractivity (Wildman–Crippen MR) is 51.1 cm³/mol. The molecular formula is C10H10F3NO2. The van der Waals surface area contributed by atoms with Crippen LogP contribution >= 0.6 is 0 Å². The third-order valence-corrected chi connectivity index (χ3v) is 2.20. The molecule has 6 heteroatoms. The summed E-state index contributed by atoms with van der Waals surface area (Å²) in [6.07, 6.45) is -4.53. The highest BCUT2D eigenvalue weighted by atomic mass is 19.4. The standard InChI is InChI=1S/C10H10F3NO2/c1-5-4-6(9(15)16)2-3-7(5)8(14)10(11,12)13/h2-4,8H,14H2,1H3,(H,15,16). The van der Waals surface area contributed by atoms with E-state index in [1.54, 1.807) is 0 Å². The number of carbonyl (C=O) groups is 1. The summed E-state index contributed by atoms with van der Waals surface area (Å²) in [5.74, 6) is -1.18. The van der Waals surface area contributed by atoms with E-state index < -0.39 is 18.2 Å². The Balaban J connectivity index is 3.13. The maximum Gasteiger partial charge on any atom is 0.407 e. The third kappa shape index (κ3) is 2.52. The average molecular weight is 233 g/mol. The first-order valence-corrected chi connectivity index (χ1v) is 4.39. The second-order valence-corrected chi connectivity index (χ2v) is 3.40. The van der Waals surface area contributed by atoms with Crippen molar-refractivity contribution in [2.75, 3.05) is 0 Å². The average Bonchev–Trinajstić information content (AvgIpc) is 2.15. The fourth-order valence-corrected chi connectivity index (χ4v) is 1.33. The summed E-state index contributed by atoms with van der Waals surface area (Å²) in [6.45, 7) is 1.40. The Morgan fingerprint density at radius 1 is 1.44 bits per heavy atom. The number of rotatable bonds is 2. The molecule has 0 amide bonds. The topological polar surface area (TPSA) is 63.3 Å². The van der Waals surface area contributed by atoms with E-state index in [-0.39, 0.29) is 16.7 Å². The van der Waals surface area contributed by atoms with Gasteiger partial charge in [-0.25, -0.2) is 4.79 Å². The first-order chi connectivity index (χ1) is 7.23. The Kier molecular flexibility index (Phi) is 3.23. The van der Waals surface area contributed by atoms with Crippen LogP contribution in [0.5, 0.6) is 0 Å². The molecule has 1 unspecified atom stereocenters. The van der Waals surface area contributed by atoms with Gasteiger partial charge < -0.3 is 10.8 Å². The zero-order valence-electron chi connectivity index (χ0n) is 8.38. The van der Waals surface area contributed by atoms with Crippen molar-refractivity contribution in [3.05, 3.63) is 34.9 Å². The lowest BCUT2D eigenvalue weighted by molar-refractivity contribution is -0.149. The van der Waals surface area contributed by atoms with E-state index in [1.165, 1.54) is 13.0 Å². The van der Waals surface area contributed by atoms with Gasteiger partial charge in [0.25, 0.3) is 0 Å². The van der Waals surface area contributed by atoms with Gasteiger partial charge in [-0.1, -0.05) is 6.07 Å². The van der Waals surface area contributed by atoms with Crippen molar-refractivity contribution in [3.63, 3.8) is 0 Å². The molecule has 16 heavy (non-hydrogen) atoms. The van der Waals surface area contributed by atoms with Gasteiger partial charge in [0.15, 0.2) is 0 Å². The Morgan fingerprint density at radius 2 is 2.00 bits per heavy atom. The molecule has 0 spiro atoms. The number of carboxylic acid groups (broad SMARTS) is 1. The van der Waals surface area contributed by atoms with E-state index in [0.29, 0.717) is 0 Å². The van der Waals surface area contributed by atoms with Crippen LogP contribution in [0.3, 0.4) is 0 Å². The molecule has 1 rings (SSSR count). The molecule has 0 aliphatic carbocycles. The number of carboxylic acids is 1. The lowest BCUT2D eigenvalue weighted by atomic mass is 9.99. The Morgan fingerprint density at radius 3 is 2.38 bits per heavy atom. The Bertz CT molecular complexity index is 415. The van der Waals surface area contributed by atoms with Crippen molar-refractivity contribution in [3.8, 4) is 0 Å². The van der Waals surface area contributed by atoms with E-state index in [1.807, 2.05) is 0 Å². The maximum absolute atomic E-state index is 12.3. The molecule has 0 heterocycles. The van der Waals surface area contributed by atoms with Crippen molar-refractivity contribution in [2.45, 2.75) is 19.1 Å². The number of aryl methyl sites for hydroxylation is 1. The monoisotopic (exact) mass is 233 g/mol. The zero-order chi connectivity index (χ0) is 12.5. The molecule has 1 atom stereocenters. The van der Waals surface area contributed by atoms with E-state index >= 15 is 0 Å². The summed E-state index contributed by atoms with van der Waals surface area (Å²) >= 11 is 0. The quantitative estimate of drug-likeness (QED) is 0.823. The van der Waals surface area contributed by atoms with E-state index in [2.05, 4.69) is 0 Å². The number of aromatic carboxylic acids is 1. The SMILES string of the molecule is Cc1cc(C(=O)O)ccc1C(N)C(F)(F)F. The lowest BCUT2D eigenvalue weighted by Gasteiger charge is -2.18. The van der Waals surface area contributed by atoms with Crippen LogP contribution in [-0.2, 0) is 0 Å². The molecule has 0 saturated heterocycles. The van der Waals surface area contributed by atoms with Crippen LogP contribution in [0.1, 0.15) is 27.5 Å². The van der Waals surface area contributed by atoms with Gasteiger partial charge in [-0.05, 0) is 30.2 Å². The van der Waals surface area contributed by atoms with Crippen LogP contribution in [0.15, 0.2) is 18.2 Å². The number of benzene rings is 1. The van der Waals surface area contributed by atoms with Gasteiger partial charge in [-0.3, -0.25) is 0 Å². The fourth-order valence-electron chi connectivity index (χ4n) is 1.33. The summed E-state index contributed by atoms with van der Waals surface area (Å²) in [4.78, 5) is 10.6. The molecule has 0 aliphatic rings. The van der Waals surface area contributed by atoms with Crippen LogP contribution in [0.2, 0.25) is 0 Å². The van der Waals surface area contributed by atoms with Gasteiger partial charge in [0, 0.05) is 0 Å². The predicted octanol–water partition coefficient (Wildman–Crippen LogP) is 2.26. The van der Waals surface area contributed by atoms with E-state index in [9.17, 15) is 18.0 Å². The van der Waals surface area contributed by atoms with Crippen molar-refractivity contribution >= 4 is 5.97 Å². The highest BCUT2D eigenvalue weighted by Crippen LogP contribution is 2.32. The second kappa shape index (κ2) is 4.13. The van der Waals surface area contributed by atoms with Gasteiger partial charge in [-0.15, -0.1) is 0 Å². The minimum Gasteiger partial charge on any atom is -0.478 e. The van der Waals surface area contributed by atoms with Crippen LogP contribution in [-0.4, -0.2) is 17.3 Å². The molecule has 1 aromatic rings. The lowest BCUT2D eigenvalue weighted by Crippen LogP contribution is -2.29. The van der Waals surface area contributed by atoms with Gasteiger partial charge >= 0.3 is 12.1 Å². The number of nitrogens with two attached hydrogens (primary N) is 1. The highest BCUT2D eigenvalue weighted by molar-refractivity contribution is 5.87. The summed E-state index contributed by atoms with van der Waals surface area (Å²) in [5, 5.41) is 8.65. The molecule has 3 N–H and O–H groups in total. The van der Waals surface area contributed by atoms with Crippen LogP contribution in [0.25, 0.3) is 0 Å². The Hall–Kier alpha value is -1.56. The molecular weight excluding hydrogens is 223 g/mol. The largest absolute Gasteiger partial charge is 0.478 e. The third-order valence-electron chi connectivity index (χ3n) is 2.20. The first kappa shape index (κ1) is 12.5. The molecule has 88 valence electrons. The number of halogens is 3. The minimum absolute atomic E-state index is 0.0596. The molecule has 0 aromatic heterocycles. The molecule has 0 aliphatic heterocycles. The van der Waals surface area contributed by atoms with Crippen LogP contribution in [0.4, 0.5) is 13.2 Å². The smallest absolute Gasteiger partial charge is 0.407 e. The van der Waals surface area contributed by atoms with Crippen molar-refractivity contribution in [1.82, 2.24) is 0 Å². The Labute approximate surface area is 89.7 Å². The van der Waals surface area contributed by atoms with Gasteiger partial charge in [0.1, 0.15) is 6.04 Å². The minimum atomic E-state index is -4.53. The molecule has 3 nitrogen and oxygen atoms in total. The summed E-state index contributed by atoms with van der Waals surface area (Å²) in [6, 6.07) is 1.28. The molecule has 0 radical (unpaired) electrons. The molecule has 0 fully saturated rings. The van der Waals surface area contributed by atoms with Crippen molar-refractivity contribution in [1.29, 1.82) is 0 Å². The number of alkyl halides is 3. The summed E-state index contributed by atoms with van der Waals surface area (Å²) < 4.78 is 37.0. The first-order valence-electron chi connectivity index (χ1n) is 4.39. The number of hydrogen-bond donors (Lipinski definition) is 2. The molecule has 0 bridgehead atoms. The summed E-state index contributed by atoms with van der Waals surface area (Å²) in [5.41, 5.74) is 5.07. The zero-order valence-corrected chi connectivity index (χ0v) is 8.38. The highest BCUT2D eigenvalue weighted by Gasteiger charge is 2.38. The van der Waals surface area contributed by atoms with Gasteiger partial charge in [-0.2, -0.15) is 13.2 Å². The molecule has 0 saturated carbocycles. The normalized spacial score (nSPS) is 13.6.